The molecule has 0 spiro atoms. The first kappa shape index (κ1) is 15.2. The van der Waals surface area contributed by atoms with E-state index in [0.717, 1.165) is 0 Å². The van der Waals surface area contributed by atoms with Crippen LogP contribution >= 0.6 is 0 Å². The summed E-state index contributed by atoms with van der Waals surface area (Å²) in [7, 11) is -1.72. The van der Waals surface area contributed by atoms with Gasteiger partial charge in [0, 0.05) is 6.42 Å². The maximum absolute atomic E-state index is 10.8. The van der Waals surface area contributed by atoms with Crippen LogP contribution in [0.5, 0.6) is 0 Å². The number of esters is 1. The van der Waals surface area contributed by atoms with Crippen LogP contribution in [0.4, 0.5) is 0 Å². The van der Waals surface area contributed by atoms with E-state index in [9.17, 15) is 4.79 Å². The molecule has 3 nitrogen and oxygen atoms in total. The number of carbonyl (C=O) groups is 1. The van der Waals surface area contributed by atoms with E-state index >= 15 is 0 Å². The molecule has 0 aromatic carbocycles. The van der Waals surface area contributed by atoms with E-state index in [-0.39, 0.29) is 11.0 Å². The van der Waals surface area contributed by atoms with Crippen molar-refractivity contribution in [3.63, 3.8) is 0 Å². The number of ether oxygens (including phenoxy) is 1. The van der Waals surface area contributed by atoms with Gasteiger partial charge in [-0.25, -0.2) is 0 Å². The van der Waals surface area contributed by atoms with Gasteiger partial charge in [0.2, 0.25) is 8.32 Å². The molecule has 0 aliphatic rings. The van der Waals surface area contributed by atoms with Crippen molar-refractivity contribution in [2.24, 2.45) is 0 Å². The van der Waals surface area contributed by atoms with Gasteiger partial charge in [-0.05, 0) is 24.2 Å². The highest BCUT2D eigenvalue weighted by atomic mass is 28.4. The Bertz CT molecular complexity index is 251. The Balaban J connectivity index is 3.97. The molecule has 0 radical (unpaired) electrons. The maximum atomic E-state index is 10.8. The summed E-state index contributed by atoms with van der Waals surface area (Å²) in [5.41, 5.74) is 0. The molecule has 0 amide bonds. The van der Waals surface area contributed by atoms with Crippen molar-refractivity contribution in [1.82, 2.24) is 0 Å². The van der Waals surface area contributed by atoms with Crippen LogP contribution in [-0.4, -0.2) is 20.9 Å². The van der Waals surface area contributed by atoms with Gasteiger partial charge in [-0.1, -0.05) is 27.7 Å². The molecule has 0 aromatic heterocycles. The van der Waals surface area contributed by atoms with E-state index in [1.54, 1.807) is 19.3 Å². The average molecular weight is 244 g/mol. The van der Waals surface area contributed by atoms with Gasteiger partial charge in [0.1, 0.15) is 6.61 Å². The van der Waals surface area contributed by atoms with E-state index in [0.29, 0.717) is 13.0 Å². The second-order valence-corrected chi connectivity index (χ2v) is 10.0. The Morgan fingerprint density at radius 1 is 1.31 bits per heavy atom. The van der Waals surface area contributed by atoms with E-state index in [1.165, 1.54) is 0 Å². The number of hydrogen-bond acceptors (Lipinski definition) is 3. The van der Waals surface area contributed by atoms with Crippen molar-refractivity contribution in [3.8, 4) is 0 Å². The van der Waals surface area contributed by atoms with Gasteiger partial charge in [0.15, 0.2) is 0 Å². The highest BCUT2D eigenvalue weighted by Gasteiger charge is 2.37. The number of carbonyl (C=O) groups excluding carboxylic acids is 1. The SMILES string of the molecule is CCC(=O)OCC=CO[Si](C)(C)C(C)(C)C. The Hall–Kier alpha value is -0.773. The summed E-state index contributed by atoms with van der Waals surface area (Å²) in [6.45, 7) is 13.0. The van der Waals surface area contributed by atoms with Crippen molar-refractivity contribution in [2.75, 3.05) is 6.61 Å². The first-order valence-corrected chi connectivity index (χ1v) is 8.60. The van der Waals surface area contributed by atoms with Crippen molar-refractivity contribution in [1.29, 1.82) is 0 Å². The molecule has 0 fully saturated rings. The average Bonchev–Trinajstić information content (AvgIpc) is 2.15. The zero-order valence-corrected chi connectivity index (χ0v) is 12.3. The fraction of sp³-hybridized carbons (Fsp3) is 0.750. The predicted octanol–water partition coefficient (Wildman–Crippen LogP) is 3.48. The largest absolute Gasteiger partial charge is 0.549 e. The summed E-state index contributed by atoms with van der Waals surface area (Å²) in [5.74, 6) is -0.183. The van der Waals surface area contributed by atoms with Crippen LogP contribution in [-0.2, 0) is 14.0 Å². The van der Waals surface area contributed by atoms with E-state index in [2.05, 4.69) is 33.9 Å². The highest BCUT2D eigenvalue weighted by Crippen LogP contribution is 2.36. The molecule has 0 aromatic rings. The van der Waals surface area contributed by atoms with Crippen LogP contribution < -0.4 is 0 Å². The minimum Gasteiger partial charge on any atom is -0.549 e. The fourth-order valence-corrected chi connectivity index (χ4v) is 1.47. The summed E-state index contributed by atoms with van der Waals surface area (Å²) in [6.07, 6.45) is 3.82. The smallest absolute Gasteiger partial charge is 0.305 e. The Kier molecular flexibility index (Phi) is 5.79. The lowest BCUT2D eigenvalue weighted by Crippen LogP contribution is -2.39. The molecule has 4 heteroatoms. The molecule has 0 N–H and O–H groups in total. The Labute approximate surface area is 100.0 Å². The topological polar surface area (TPSA) is 35.5 Å². The van der Waals surface area contributed by atoms with E-state index < -0.39 is 8.32 Å². The Morgan fingerprint density at radius 3 is 2.31 bits per heavy atom. The molecule has 0 aliphatic carbocycles. The van der Waals surface area contributed by atoms with Crippen LogP contribution in [0.15, 0.2) is 12.3 Å². The minimum absolute atomic E-state index is 0.183. The van der Waals surface area contributed by atoms with Crippen molar-refractivity contribution in [3.05, 3.63) is 12.3 Å². The molecule has 0 bridgehead atoms. The molecule has 0 rings (SSSR count). The quantitative estimate of drug-likeness (QED) is 0.422. The molecule has 0 unspecified atom stereocenters. The van der Waals surface area contributed by atoms with Gasteiger partial charge in [0.25, 0.3) is 0 Å². The van der Waals surface area contributed by atoms with Crippen LogP contribution in [0.1, 0.15) is 34.1 Å². The third kappa shape index (κ3) is 5.35. The number of rotatable bonds is 5. The third-order valence-electron chi connectivity index (χ3n) is 2.89. The molecule has 0 atom stereocenters. The standard InChI is InChI=1S/C12H24O3Si/c1-7-11(13)14-9-8-10-15-16(5,6)12(2,3)4/h8,10H,7,9H2,1-6H3. The van der Waals surface area contributed by atoms with Gasteiger partial charge in [-0.2, -0.15) is 0 Å². The molecule has 0 aliphatic heterocycles. The van der Waals surface area contributed by atoms with Gasteiger partial charge in [-0.3, -0.25) is 4.79 Å². The summed E-state index contributed by atoms with van der Waals surface area (Å²) in [6, 6.07) is 0. The van der Waals surface area contributed by atoms with Crippen LogP contribution in [0.25, 0.3) is 0 Å². The van der Waals surface area contributed by atoms with Crippen molar-refractivity contribution < 1.29 is 14.0 Å². The monoisotopic (exact) mass is 244 g/mol. The van der Waals surface area contributed by atoms with E-state index in [4.69, 9.17) is 9.16 Å². The minimum atomic E-state index is -1.72. The van der Waals surface area contributed by atoms with Gasteiger partial charge in [0.05, 0.1) is 6.26 Å². The van der Waals surface area contributed by atoms with Crippen molar-refractivity contribution in [2.45, 2.75) is 52.2 Å². The molecule has 0 saturated carbocycles. The first-order valence-electron chi connectivity index (χ1n) is 5.69. The van der Waals surface area contributed by atoms with Crippen molar-refractivity contribution >= 4 is 14.3 Å². The number of hydrogen-bond donors (Lipinski definition) is 0. The van der Waals surface area contributed by atoms with Gasteiger partial charge < -0.3 is 9.16 Å². The summed E-state index contributed by atoms with van der Waals surface area (Å²) < 4.78 is 10.7. The summed E-state index contributed by atoms with van der Waals surface area (Å²) in [5, 5.41) is 0.192. The third-order valence-corrected chi connectivity index (χ3v) is 7.23. The van der Waals surface area contributed by atoms with Crippen LogP contribution in [0.2, 0.25) is 18.1 Å². The molecule has 0 saturated heterocycles. The van der Waals surface area contributed by atoms with Gasteiger partial charge >= 0.3 is 5.97 Å². The summed E-state index contributed by atoms with van der Waals surface area (Å²) in [4.78, 5) is 10.8. The fourth-order valence-electron chi connectivity index (χ4n) is 0.677. The second-order valence-electron chi connectivity index (χ2n) is 5.29. The predicted molar refractivity (Wildman–Crippen MR) is 68.7 cm³/mol. The summed E-state index contributed by atoms with van der Waals surface area (Å²) >= 11 is 0. The van der Waals surface area contributed by atoms with E-state index in [1.807, 2.05) is 0 Å². The Morgan fingerprint density at radius 2 is 1.88 bits per heavy atom. The maximum Gasteiger partial charge on any atom is 0.305 e. The van der Waals surface area contributed by atoms with Crippen LogP contribution in [0, 0.1) is 0 Å². The lowest BCUT2D eigenvalue weighted by atomic mass is 10.2. The lowest BCUT2D eigenvalue weighted by molar-refractivity contribution is -0.141. The molecule has 0 heterocycles. The molecular weight excluding hydrogens is 220 g/mol. The molecule has 94 valence electrons. The highest BCUT2D eigenvalue weighted by molar-refractivity contribution is 6.74. The first-order chi connectivity index (χ1) is 7.20. The van der Waals surface area contributed by atoms with Crippen LogP contribution in [0.3, 0.4) is 0 Å². The normalized spacial score (nSPS) is 12.9. The zero-order valence-electron chi connectivity index (χ0n) is 11.3. The lowest BCUT2D eigenvalue weighted by Gasteiger charge is -2.34. The molecule has 16 heavy (non-hydrogen) atoms. The molecular formula is C12H24O3Si. The second kappa shape index (κ2) is 6.08. The zero-order chi connectivity index (χ0) is 12.8. The van der Waals surface area contributed by atoms with Gasteiger partial charge in [-0.15, -0.1) is 0 Å².